The lowest BCUT2D eigenvalue weighted by Gasteiger charge is -2.38. The molecular formula is C16H21N5O2S. The smallest absolute Gasteiger partial charge is 0.264 e. The Kier molecular flexibility index (Phi) is 4.31. The minimum Gasteiger partial charge on any atom is -0.396 e. The molecular weight excluding hydrogens is 326 g/mol. The second-order valence-electron chi connectivity index (χ2n) is 6.34. The van der Waals surface area contributed by atoms with Gasteiger partial charge in [-0.15, -0.1) is 11.3 Å². The number of nitrogens with two attached hydrogens (primary N) is 1. The van der Waals surface area contributed by atoms with E-state index >= 15 is 0 Å². The molecule has 1 fully saturated rings. The maximum absolute atomic E-state index is 12.9. The molecule has 24 heavy (non-hydrogen) atoms. The number of carbonyl (C=O) groups excluding carboxylic acids is 2. The maximum Gasteiger partial charge on any atom is 0.264 e. The Morgan fingerprint density at radius 2 is 1.88 bits per heavy atom. The lowest BCUT2D eigenvalue weighted by molar-refractivity contribution is -0.141. The number of hydrogen-bond donors (Lipinski definition) is 1. The number of aromatic nitrogens is 2. The summed E-state index contributed by atoms with van der Waals surface area (Å²) in [6, 6.07) is 3.70. The van der Waals surface area contributed by atoms with Crippen molar-refractivity contribution in [3.63, 3.8) is 0 Å². The highest BCUT2D eigenvalue weighted by Gasteiger charge is 2.36. The average molecular weight is 347 g/mol. The first-order valence-electron chi connectivity index (χ1n) is 7.82. The molecule has 2 N–H and O–H groups in total. The summed E-state index contributed by atoms with van der Waals surface area (Å²) >= 11 is 1.44. The van der Waals surface area contributed by atoms with E-state index in [1.165, 1.54) is 17.5 Å². The highest BCUT2D eigenvalue weighted by molar-refractivity contribution is 7.12. The third kappa shape index (κ3) is 3.01. The summed E-state index contributed by atoms with van der Waals surface area (Å²) in [4.78, 5) is 29.5. The van der Waals surface area contributed by atoms with E-state index in [1.807, 2.05) is 31.4 Å². The van der Waals surface area contributed by atoms with Crippen molar-refractivity contribution in [3.8, 4) is 0 Å². The molecule has 1 aliphatic rings. The van der Waals surface area contributed by atoms with E-state index in [0.29, 0.717) is 31.9 Å². The minimum atomic E-state index is -0.808. The molecule has 0 atom stereocenters. The third-order valence-corrected chi connectivity index (χ3v) is 5.14. The van der Waals surface area contributed by atoms with E-state index in [2.05, 4.69) is 5.10 Å². The Morgan fingerprint density at radius 3 is 2.42 bits per heavy atom. The summed E-state index contributed by atoms with van der Waals surface area (Å²) < 4.78 is 1.59. The van der Waals surface area contributed by atoms with Gasteiger partial charge in [0.2, 0.25) is 5.91 Å². The second-order valence-corrected chi connectivity index (χ2v) is 7.29. The van der Waals surface area contributed by atoms with Crippen LogP contribution in [0.2, 0.25) is 0 Å². The molecule has 3 heterocycles. The van der Waals surface area contributed by atoms with E-state index in [0.717, 1.165) is 4.88 Å². The summed E-state index contributed by atoms with van der Waals surface area (Å²) in [6.45, 7) is 5.78. The standard InChI is InChI=1S/C16H21N5O2S/c1-16(2,21-11-12(17)10-18-21)15(23)20-7-5-19(6-8-20)14(22)13-4-3-9-24-13/h3-4,9-11H,5-8,17H2,1-2H3. The van der Waals surface area contributed by atoms with Gasteiger partial charge in [-0.1, -0.05) is 6.07 Å². The van der Waals surface area contributed by atoms with Crippen molar-refractivity contribution in [1.82, 2.24) is 19.6 Å². The molecule has 0 aromatic carbocycles. The molecule has 128 valence electrons. The van der Waals surface area contributed by atoms with Gasteiger partial charge in [-0.25, -0.2) is 0 Å². The zero-order chi connectivity index (χ0) is 17.3. The molecule has 0 bridgehead atoms. The van der Waals surface area contributed by atoms with Crippen LogP contribution in [-0.4, -0.2) is 57.6 Å². The van der Waals surface area contributed by atoms with Crippen LogP contribution in [-0.2, 0) is 10.3 Å². The van der Waals surface area contributed by atoms with Gasteiger partial charge < -0.3 is 15.5 Å². The Labute approximate surface area is 144 Å². The monoisotopic (exact) mass is 347 g/mol. The SMILES string of the molecule is CC(C)(C(=O)N1CCN(C(=O)c2cccs2)CC1)n1cc(N)cn1. The number of hydrogen-bond acceptors (Lipinski definition) is 5. The predicted octanol–water partition coefficient (Wildman–Crippen LogP) is 1.25. The summed E-state index contributed by atoms with van der Waals surface area (Å²) in [6.07, 6.45) is 3.20. The predicted molar refractivity (Wildman–Crippen MR) is 92.8 cm³/mol. The molecule has 8 heteroatoms. The number of anilines is 1. The lowest BCUT2D eigenvalue weighted by atomic mass is 10.0. The molecule has 0 spiro atoms. The zero-order valence-corrected chi connectivity index (χ0v) is 14.6. The van der Waals surface area contributed by atoms with E-state index in [-0.39, 0.29) is 11.8 Å². The maximum atomic E-state index is 12.9. The molecule has 2 amide bonds. The summed E-state index contributed by atoms with van der Waals surface area (Å²) in [7, 11) is 0. The molecule has 2 aromatic heterocycles. The molecule has 0 radical (unpaired) electrons. The number of carbonyl (C=O) groups is 2. The number of amides is 2. The van der Waals surface area contributed by atoms with Crippen LogP contribution in [0.3, 0.4) is 0 Å². The Morgan fingerprint density at radius 1 is 1.21 bits per heavy atom. The van der Waals surface area contributed by atoms with Gasteiger partial charge in [0.25, 0.3) is 5.91 Å². The average Bonchev–Trinajstić information content (AvgIpc) is 3.25. The van der Waals surface area contributed by atoms with Crippen molar-refractivity contribution >= 4 is 28.8 Å². The van der Waals surface area contributed by atoms with Crippen molar-refractivity contribution in [2.75, 3.05) is 31.9 Å². The van der Waals surface area contributed by atoms with Crippen LogP contribution in [0.4, 0.5) is 5.69 Å². The normalized spacial score (nSPS) is 15.6. The number of thiophene rings is 1. The van der Waals surface area contributed by atoms with Crippen LogP contribution >= 0.6 is 11.3 Å². The van der Waals surface area contributed by atoms with Crippen molar-refractivity contribution < 1.29 is 9.59 Å². The van der Waals surface area contributed by atoms with Crippen molar-refractivity contribution in [1.29, 1.82) is 0 Å². The fourth-order valence-corrected chi connectivity index (χ4v) is 3.49. The fraction of sp³-hybridized carbons (Fsp3) is 0.438. The van der Waals surface area contributed by atoms with Crippen LogP contribution in [0, 0.1) is 0 Å². The van der Waals surface area contributed by atoms with Crippen molar-refractivity contribution in [2.24, 2.45) is 0 Å². The van der Waals surface area contributed by atoms with Gasteiger partial charge in [0.15, 0.2) is 0 Å². The summed E-state index contributed by atoms with van der Waals surface area (Å²) in [5, 5.41) is 6.06. The first kappa shape index (κ1) is 16.5. The van der Waals surface area contributed by atoms with Gasteiger partial charge in [0.1, 0.15) is 5.54 Å². The number of nitrogens with zero attached hydrogens (tertiary/aromatic N) is 4. The summed E-state index contributed by atoms with van der Waals surface area (Å²) in [5.41, 5.74) is 5.42. The van der Waals surface area contributed by atoms with Crippen LogP contribution in [0.25, 0.3) is 0 Å². The second kappa shape index (κ2) is 6.27. The molecule has 1 aliphatic heterocycles. The Bertz CT molecular complexity index is 729. The highest BCUT2D eigenvalue weighted by Crippen LogP contribution is 2.21. The van der Waals surface area contributed by atoms with Crippen molar-refractivity contribution in [2.45, 2.75) is 19.4 Å². The molecule has 3 rings (SSSR count). The minimum absolute atomic E-state index is 0.0196. The van der Waals surface area contributed by atoms with Gasteiger partial charge in [0, 0.05) is 32.4 Å². The number of piperazine rings is 1. The van der Waals surface area contributed by atoms with Crippen molar-refractivity contribution in [3.05, 3.63) is 34.8 Å². The Hall–Kier alpha value is -2.35. The summed E-state index contributed by atoms with van der Waals surface area (Å²) in [5.74, 6) is 0.0185. The van der Waals surface area contributed by atoms with Gasteiger partial charge >= 0.3 is 0 Å². The van der Waals surface area contributed by atoms with Gasteiger partial charge in [-0.3, -0.25) is 14.3 Å². The van der Waals surface area contributed by atoms with E-state index in [1.54, 1.807) is 20.7 Å². The quantitative estimate of drug-likeness (QED) is 0.905. The molecule has 0 saturated carbocycles. The fourth-order valence-electron chi connectivity index (χ4n) is 2.80. The molecule has 7 nitrogen and oxygen atoms in total. The van der Waals surface area contributed by atoms with E-state index in [4.69, 9.17) is 5.73 Å². The third-order valence-electron chi connectivity index (χ3n) is 4.28. The highest BCUT2D eigenvalue weighted by atomic mass is 32.1. The Balaban J connectivity index is 1.64. The molecule has 0 aliphatic carbocycles. The largest absolute Gasteiger partial charge is 0.396 e. The van der Waals surface area contributed by atoms with Crippen LogP contribution in [0.5, 0.6) is 0 Å². The van der Waals surface area contributed by atoms with Crippen LogP contribution in [0.15, 0.2) is 29.9 Å². The topological polar surface area (TPSA) is 84.5 Å². The number of rotatable bonds is 3. The first-order valence-corrected chi connectivity index (χ1v) is 8.70. The first-order chi connectivity index (χ1) is 11.4. The van der Waals surface area contributed by atoms with E-state index < -0.39 is 5.54 Å². The molecule has 2 aromatic rings. The number of nitrogen functional groups attached to an aromatic ring is 1. The van der Waals surface area contributed by atoms with Gasteiger partial charge in [-0.2, -0.15) is 5.10 Å². The zero-order valence-electron chi connectivity index (χ0n) is 13.8. The van der Waals surface area contributed by atoms with Gasteiger partial charge in [-0.05, 0) is 25.3 Å². The lowest BCUT2D eigenvalue weighted by Crippen LogP contribution is -2.55. The van der Waals surface area contributed by atoms with Crippen LogP contribution in [0.1, 0.15) is 23.5 Å². The van der Waals surface area contributed by atoms with E-state index in [9.17, 15) is 9.59 Å². The van der Waals surface area contributed by atoms with Crippen LogP contribution < -0.4 is 5.73 Å². The molecule has 0 unspecified atom stereocenters. The van der Waals surface area contributed by atoms with Gasteiger partial charge in [0.05, 0.1) is 16.8 Å². The molecule has 1 saturated heterocycles.